The Hall–Kier alpha value is -3.42. The second-order valence-electron chi connectivity index (χ2n) is 6.22. The van der Waals surface area contributed by atoms with Crippen molar-refractivity contribution >= 4 is 23.9 Å². The first-order valence-corrected chi connectivity index (χ1v) is 9.11. The maximum absolute atomic E-state index is 12.7. The highest BCUT2D eigenvalue weighted by molar-refractivity contribution is 6.04. The second kappa shape index (κ2) is 8.98. The molecule has 1 aromatic heterocycles. The van der Waals surface area contributed by atoms with Crippen LogP contribution in [0.25, 0.3) is 0 Å². The van der Waals surface area contributed by atoms with E-state index in [1.54, 1.807) is 46.2 Å². The summed E-state index contributed by atoms with van der Waals surface area (Å²) >= 11 is 0. The van der Waals surface area contributed by atoms with Crippen LogP contribution in [0.15, 0.2) is 42.5 Å². The van der Waals surface area contributed by atoms with Crippen molar-refractivity contribution in [1.82, 2.24) is 14.8 Å². The number of anilines is 1. The van der Waals surface area contributed by atoms with Crippen molar-refractivity contribution in [3.8, 4) is 5.75 Å². The van der Waals surface area contributed by atoms with Gasteiger partial charge in [0.1, 0.15) is 17.1 Å². The first kappa shape index (κ1) is 19.3. The van der Waals surface area contributed by atoms with Crippen molar-refractivity contribution in [2.45, 2.75) is 6.92 Å². The van der Waals surface area contributed by atoms with Crippen LogP contribution in [0.5, 0.6) is 5.75 Å². The zero-order valence-corrected chi connectivity index (χ0v) is 15.6. The van der Waals surface area contributed by atoms with Gasteiger partial charge in [0.05, 0.1) is 12.3 Å². The number of carbonyl (C=O) groups is 3. The molecule has 1 aromatic carbocycles. The number of piperazine rings is 1. The van der Waals surface area contributed by atoms with Crippen molar-refractivity contribution < 1.29 is 19.1 Å². The molecular formula is C20H22N4O4. The molecule has 28 heavy (non-hydrogen) atoms. The van der Waals surface area contributed by atoms with Gasteiger partial charge in [0.15, 0.2) is 0 Å². The zero-order valence-electron chi connectivity index (χ0n) is 15.6. The van der Waals surface area contributed by atoms with E-state index in [0.29, 0.717) is 44.2 Å². The quantitative estimate of drug-likeness (QED) is 0.767. The third kappa shape index (κ3) is 4.46. The summed E-state index contributed by atoms with van der Waals surface area (Å²) in [5.74, 6) is -0.110. The molecule has 1 aliphatic heterocycles. The van der Waals surface area contributed by atoms with Gasteiger partial charge in [-0.2, -0.15) is 0 Å². The number of pyridine rings is 1. The number of benzene rings is 1. The molecule has 0 aliphatic carbocycles. The lowest BCUT2D eigenvalue weighted by Gasteiger charge is -2.32. The topological polar surface area (TPSA) is 91.8 Å². The van der Waals surface area contributed by atoms with Crippen LogP contribution in [-0.4, -0.2) is 65.8 Å². The number of para-hydroxylation sites is 2. The number of nitrogens with zero attached hydrogens (tertiary/aromatic N) is 3. The Kier molecular flexibility index (Phi) is 6.21. The maximum Gasteiger partial charge on any atom is 0.274 e. The van der Waals surface area contributed by atoms with E-state index >= 15 is 0 Å². The van der Waals surface area contributed by atoms with Crippen molar-refractivity contribution in [2.24, 2.45) is 0 Å². The van der Waals surface area contributed by atoms with Crippen LogP contribution in [0.2, 0.25) is 0 Å². The van der Waals surface area contributed by atoms with Crippen LogP contribution in [0.1, 0.15) is 27.9 Å². The van der Waals surface area contributed by atoms with E-state index in [-0.39, 0.29) is 17.3 Å². The van der Waals surface area contributed by atoms with E-state index in [4.69, 9.17) is 4.74 Å². The van der Waals surface area contributed by atoms with Gasteiger partial charge in [-0.25, -0.2) is 4.98 Å². The molecule has 1 N–H and O–H groups in total. The average molecular weight is 382 g/mol. The maximum atomic E-state index is 12.7. The Bertz CT molecular complexity index is 863. The van der Waals surface area contributed by atoms with E-state index in [1.807, 2.05) is 13.0 Å². The molecule has 3 rings (SSSR count). The van der Waals surface area contributed by atoms with Gasteiger partial charge in [-0.15, -0.1) is 0 Å². The number of ether oxygens (including phenoxy) is 1. The van der Waals surface area contributed by atoms with Crippen LogP contribution in [0, 0.1) is 0 Å². The molecule has 8 heteroatoms. The van der Waals surface area contributed by atoms with Crippen molar-refractivity contribution in [3.05, 3.63) is 53.9 Å². The van der Waals surface area contributed by atoms with Crippen molar-refractivity contribution in [3.63, 3.8) is 0 Å². The zero-order chi connectivity index (χ0) is 19.9. The summed E-state index contributed by atoms with van der Waals surface area (Å²) in [6.45, 7) is 4.21. The smallest absolute Gasteiger partial charge is 0.274 e. The number of hydrogen-bond donors (Lipinski definition) is 1. The summed E-state index contributed by atoms with van der Waals surface area (Å²) in [5.41, 5.74) is 0.881. The summed E-state index contributed by atoms with van der Waals surface area (Å²) in [4.78, 5) is 43.6. The predicted octanol–water partition coefficient (Wildman–Crippen LogP) is 1.65. The minimum Gasteiger partial charge on any atom is -0.492 e. The Labute approximate surface area is 163 Å². The van der Waals surface area contributed by atoms with Crippen molar-refractivity contribution in [1.29, 1.82) is 0 Å². The molecule has 1 aliphatic rings. The van der Waals surface area contributed by atoms with Gasteiger partial charge in [-0.3, -0.25) is 14.4 Å². The molecule has 0 spiro atoms. The van der Waals surface area contributed by atoms with Crippen LogP contribution in [-0.2, 0) is 4.79 Å². The normalized spacial score (nSPS) is 13.8. The second-order valence-corrected chi connectivity index (χ2v) is 6.22. The molecule has 2 heterocycles. The van der Waals surface area contributed by atoms with Crippen LogP contribution < -0.4 is 10.1 Å². The van der Waals surface area contributed by atoms with Crippen LogP contribution in [0.4, 0.5) is 5.69 Å². The minimum absolute atomic E-state index is 0.142. The average Bonchev–Trinajstić information content (AvgIpc) is 2.75. The molecule has 146 valence electrons. The van der Waals surface area contributed by atoms with E-state index in [1.165, 1.54) is 0 Å². The SMILES string of the molecule is CCOc1ccccc1NC(=O)c1cccc(C(=O)N2CCN(C=O)CC2)n1. The highest BCUT2D eigenvalue weighted by Crippen LogP contribution is 2.24. The van der Waals surface area contributed by atoms with Crippen LogP contribution >= 0.6 is 0 Å². The number of carbonyl (C=O) groups excluding carboxylic acids is 3. The predicted molar refractivity (Wildman–Crippen MR) is 103 cm³/mol. The monoisotopic (exact) mass is 382 g/mol. The fraction of sp³-hybridized carbons (Fsp3) is 0.300. The Morgan fingerprint density at radius 2 is 1.79 bits per heavy atom. The van der Waals surface area contributed by atoms with Gasteiger partial charge in [0, 0.05) is 26.2 Å². The Balaban J connectivity index is 1.71. The summed E-state index contributed by atoms with van der Waals surface area (Å²) in [6.07, 6.45) is 0.783. The molecule has 0 unspecified atom stereocenters. The van der Waals surface area contributed by atoms with Gasteiger partial charge >= 0.3 is 0 Å². The lowest BCUT2D eigenvalue weighted by atomic mass is 10.2. The van der Waals surface area contributed by atoms with Gasteiger partial charge in [-0.05, 0) is 31.2 Å². The van der Waals surface area contributed by atoms with E-state index < -0.39 is 5.91 Å². The molecule has 3 amide bonds. The van der Waals surface area contributed by atoms with E-state index in [9.17, 15) is 14.4 Å². The first-order chi connectivity index (χ1) is 13.6. The molecular weight excluding hydrogens is 360 g/mol. The third-order valence-electron chi connectivity index (χ3n) is 4.39. The number of aromatic nitrogens is 1. The van der Waals surface area contributed by atoms with Gasteiger partial charge < -0.3 is 19.9 Å². The third-order valence-corrected chi connectivity index (χ3v) is 4.39. The molecule has 2 aromatic rings. The van der Waals surface area contributed by atoms with Crippen LogP contribution in [0.3, 0.4) is 0 Å². The minimum atomic E-state index is -0.424. The van der Waals surface area contributed by atoms with Gasteiger partial charge in [0.25, 0.3) is 11.8 Å². The van der Waals surface area contributed by atoms with Crippen molar-refractivity contribution in [2.75, 3.05) is 38.1 Å². The molecule has 0 bridgehead atoms. The number of nitrogens with one attached hydrogen (secondary N) is 1. The Morgan fingerprint density at radius 1 is 1.07 bits per heavy atom. The molecule has 1 fully saturated rings. The summed E-state index contributed by atoms with van der Waals surface area (Å²) in [5, 5.41) is 2.77. The fourth-order valence-electron chi connectivity index (χ4n) is 2.91. The van der Waals surface area contributed by atoms with E-state index in [2.05, 4.69) is 10.3 Å². The highest BCUT2D eigenvalue weighted by Gasteiger charge is 2.23. The molecule has 0 atom stereocenters. The fourth-order valence-corrected chi connectivity index (χ4v) is 2.91. The lowest BCUT2D eigenvalue weighted by molar-refractivity contribution is -0.119. The molecule has 1 saturated heterocycles. The Morgan fingerprint density at radius 3 is 2.50 bits per heavy atom. The molecule has 8 nitrogen and oxygen atoms in total. The molecule has 0 saturated carbocycles. The lowest BCUT2D eigenvalue weighted by Crippen LogP contribution is -2.48. The first-order valence-electron chi connectivity index (χ1n) is 9.11. The number of rotatable bonds is 6. The summed E-state index contributed by atoms with van der Waals surface area (Å²) in [7, 11) is 0. The summed E-state index contributed by atoms with van der Waals surface area (Å²) in [6, 6.07) is 11.9. The largest absolute Gasteiger partial charge is 0.492 e. The van der Waals surface area contributed by atoms with Gasteiger partial charge in [-0.1, -0.05) is 18.2 Å². The molecule has 0 radical (unpaired) electrons. The highest BCUT2D eigenvalue weighted by atomic mass is 16.5. The van der Waals surface area contributed by atoms with Gasteiger partial charge in [0.2, 0.25) is 6.41 Å². The van der Waals surface area contributed by atoms with E-state index in [0.717, 1.165) is 6.41 Å². The number of hydrogen-bond acceptors (Lipinski definition) is 5. The number of amides is 3. The summed E-state index contributed by atoms with van der Waals surface area (Å²) < 4.78 is 5.51. The standard InChI is InChI=1S/C20H22N4O4/c1-2-28-18-9-4-3-6-15(18)22-19(26)16-7-5-8-17(21-16)20(27)24-12-10-23(14-25)11-13-24/h3-9,14H,2,10-13H2,1H3,(H,22,26).